The number of nitrogens with zero attached hydrogens (tertiary/aromatic N) is 1. The van der Waals surface area contributed by atoms with Gasteiger partial charge in [-0.3, -0.25) is 0 Å². The van der Waals surface area contributed by atoms with Crippen molar-refractivity contribution in [1.29, 1.82) is 0 Å². The number of hydrogen-bond donors (Lipinski definition) is 0. The van der Waals surface area contributed by atoms with Crippen LogP contribution < -0.4 is 5.48 Å². The van der Waals surface area contributed by atoms with Crippen LogP contribution in [-0.2, 0) is 4.84 Å². The van der Waals surface area contributed by atoms with Crippen molar-refractivity contribution < 1.29 is 4.84 Å². The van der Waals surface area contributed by atoms with Crippen molar-refractivity contribution in [3.05, 3.63) is 23.6 Å². The quantitative estimate of drug-likeness (QED) is 0.498. The summed E-state index contributed by atoms with van der Waals surface area (Å²) < 4.78 is 0. The molecule has 2 rings (SSSR count). The SMILES string of the molecule is C1=C2CCCCC2=CO[N]1. The maximum absolute atomic E-state index is 4.83. The second-order valence-corrected chi connectivity index (χ2v) is 2.72. The molecule has 53 valence electrons. The van der Waals surface area contributed by atoms with Gasteiger partial charge in [-0.05, 0) is 36.8 Å². The lowest BCUT2D eigenvalue weighted by Crippen LogP contribution is -2.08. The van der Waals surface area contributed by atoms with Crippen molar-refractivity contribution in [2.24, 2.45) is 0 Å². The van der Waals surface area contributed by atoms with Gasteiger partial charge in [0, 0.05) is 0 Å². The van der Waals surface area contributed by atoms with E-state index < -0.39 is 0 Å². The molecule has 0 amide bonds. The molecular formula is C8H10NO. The summed E-state index contributed by atoms with van der Waals surface area (Å²) in [7, 11) is 0. The van der Waals surface area contributed by atoms with E-state index in [1.165, 1.54) is 36.8 Å². The van der Waals surface area contributed by atoms with Gasteiger partial charge in [-0.2, -0.15) is 0 Å². The van der Waals surface area contributed by atoms with Crippen LogP contribution in [0.3, 0.4) is 0 Å². The first-order valence-corrected chi connectivity index (χ1v) is 3.71. The van der Waals surface area contributed by atoms with E-state index in [4.69, 9.17) is 4.84 Å². The first-order chi connectivity index (χ1) is 4.97. The molecule has 0 bridgehead atoms. The van der Waals surface area contributed by atoms with Gasteiger partial charge in [0.2, 0.25) is 0 Å². The molecule has 10 heavy (non-hydrogen) atoms. The molecule has 0 aromatic rings. The first-order valence-electron chi connectivity index (χ1n) is 3.71. The van der Waals surface area contributed by atoms with Crippen LogP contribution in [-0.4, -0.2) is 0 Å². The van der Waals surface area contributed by atoms with E-state index in [1.54, 1.807) is 6.26 Å². The molecule has 0 atom stereocenters. The minimum Gasteiger partial charge on any atom is -0.365 e. The Labute approximate surface area is 60.5 Å². The molecular weight excluding hydrogens is 126 g/mol. The molecule has 0 aromatic carbocycles. The molecule has 0 saturated heterocycles. The van der Waals surface area contributed by atoms with Crippen molar-refractivity contribution in [1.82, 2.24) is 5.48 Å². The minimum atomic E-state index is 1.17. The number of fused-ring (bicyclic) bond motifs is 1. The Hall–Kier alpha value is -0.920. The highest BCUT2D eigenvalue weighted by Gasteiger charge is 2.14. The van der Waals surface area contributed by atoms with Crippen LogP contribution in [0.2, 0.25) is 0 Å². The highest BCUT2D eigenvalue weighted by Crippen LogP contribution is 2.29. The van der Waals surface area contributed by atoms with Gasteiger partial charge in [0.15, 0.2) is 0 Å². The fourth-order valence-electron chi connectivity index (χ4n) is 1.42. The normalized spacial score (nSPS) is 23.2. The van der Waals surface area contributed by atoms with Gasteiger partial charge < -0.3 is 4.84 Å². The Morgan fingerprint density at radius 2 is 2.00 bits per heavy atom. The Morgan fingerprint density at radius 1 is 1.20 bits per heavy atom. The van der Waals surface area contributed by atoms with Crippen LogP contribution in [0.1, 0.15) is 25.7 Å². The summed E-state index contributed by atoms with van der Waals surface area (Å²) in [5.41, 5.74) is 6.44. The summed E-state index contributed by atoms with van der Waals surface area (Å²) in [5, 5.41) is 0. The summed E-state index contributed by atoms with van der Waals surface area (Å²) in [6, 6.07) is 0. The zero-order valence-corrected chi connectivity index (χ0v) is 5.84. The van der Waals surface area contributed by atoms with Gasteiger partial charge in [0.1, 0.15) is 6.26 Å². The minimum absolute atomic E-state index is 1.17. The van der Waals surface area contributed by atoms with E-state index >= 15 is 0 Å². The van der Waals surface area contributed by atoms with Gasteiger partial charge >= 0.3 is 0 Å². The Balaban J connectivity index is 2.19. The van der Waals surface area contributed by atoms with Crippen LogP contribution >= 0.6 is 0 Å². The third-order valence-electron chi connectivity index (χ3n) is 2.02. The molecule has 2 aliphatic rings. The Bertz CT molecular complexity index is 171. The molecule has 1 fully saturated rings. The van der Waals surface area contributed by atoms with Crippen molar-refractivity contribution in [3.63, 3.8) is 0 Å². The van der Waals surface area contributed by atoms with Crippen molar-refractivity contribution in [2.45, 2.75) is 25.7 Å². The van der Waals surface area contributed by atoms with E-state index in [9.17, 15) is 0 Å². The van der Waals surface area contributed by atoms with Gasteiger partial charge in [0.25, 0.3) is 0 Å². The molecule has 1 saturated carbocycles. The standard InChI is InChI=1S/C8H10NO/c1-2-4-8-6-10-9-5-7(8)3-1/h5-6H,1-4H2. The zero-order valence-electron chi connectivity index (χ0n) is 5.84. The fraction of sp³-hybridized carbons (Fsp3) is 0.500. The van der Waals surface area contributed by atoms with E-state index in [1.807, 2.05) is 6.20 Å². The van der Waals surface area contributed by atoms with Gasteiger partial charge in [-0.25, -0.2) is 0 Å². The van der Waals surface area contributed by atoms with Crippen molar-refractivity contribution in [2.75, 3.05) is 0 Å². The summed E-state index contributed by atoms with van der Waals surface area (Å²) in [6.45, 7) is 0. The smallest absolute Gasteiger partial charge is 0.125 e. The van der Waals surface area contributed by atoms with Crippen LogP contribution in [0, 0.1) is 0 Å². The fourth-order valence-corrected chi connectivity index (χ4v) is 1.42. The molecule has 2 heteroatoms. The van der Waals surface area contributed by atoms with Crippen molar-refractivity contribution in [3.8, 4) is 0 Å². The number of hydroxylamine groups is 1. The third-order valence-corrected chi connectivity index (χ3v) is 2.02. The Kier molecular flexibility index (Phi) is 1.38. The molecule has 0 spiro atoms. The molecule has 1 heterocycles. The summed E-state index contributed by atoms with van der Waals surface area (Å²) in [5.74, 6) is 0. The highest BCUT2D eigenvalue weighted by atomic mass is 16.6. The van der Waals surface area contributed by atoms with E-state index in [-0.39, 0.29) is 0 Å². The maximum Gasteiger partial charge on any atom is 0.125 e. The zero-order chi connectivity index (χ0) is 6.81. The summed E-state index contributed by atoms with van der Waals surface area (Å²) >= 11 is 0. The molecule has 2 nitrogen and oxygen atoms in total. The van der Waals surface area contributed by atoms with E-state index in [0.717, 1.165) is 0 Å². The maximum atomic E-state index is 4.83. The molecule has 1 aliphatic carbocycles. The second-order valence-electron chi connectivity index (χ2n) is 2.72. The van der Waals surface area contributed by atoms with Gasteiger partial charge in [-0.15, -0.1) is 0 Å². The molecule has 1 radical (unpaired) electrons. The molecule has 1 aliphatic heterocycles. The lowest BCUT2D eigenvalue weighted by atomic mass is 9.91. The van der Waals surface area contributed by atoms with E-state index in [0.29, 0.717) is 0 Å². The Morgan fingerprint density at radius 3 is 2.80 bits per heavy atom. The summed E-state index contributed by atoms with van der Waals surface area (Å²) in [4.78, 5) is 4.83. The predicted octanol–water partition coefficient (Wildman–Crippen LogP) is 1.88. The second kappa shape index (κ2) is 2.37. The number of allylic oxidation sites excluding steroid dienone is 2. The largest absolute Gasteiger partial charge is 0.365 e. The number of rotatable bonds is 0. The van der Waals surface area contributed by atoms with Crippen molar-refractivity contribution >= 4 is 0 Å². The summed E-state index contributed by atoms with van der Waals surface area (Å²) in [6.07, 6.45) is 8.56. The first kappa shape index (κ1) is 5.83. The monoisotopic (exact) mass is 136 g/mol. The average Bonchev–Trinajstić information content (AvgIpc) is 2.05. The van der Waals surface area contributed by atoms with E-state index in [2.05, 4.69) is 5.48 Å². The molecule has 0 aromatic heterocycles. The third kappa shape index (κ3) is 0.897. The molecule has 0 N–H and O–H groups in total. The number of hydrogen-bond acceptors (Lipinski definition) is 1. The van der Waals surface area contributed by atoms with Gasteiger partial charge in [0.05, 0.1) is 6.20 Å². The molecule has 0 unspecified atom stereocenters. The van der Waals surface area contributed by atoms with Gasteiger partial charge in [-0.1, -0.05) is 5.48 Å². The van der Waals surface area contributed by atoms with Crippen LogP contribution in [0.5, 0.6) is 0 Å². The van der Waals surface area contributed by atoms with Crippen LogP contribution in [0.25, 0.3) is 0 Å². The van der Waals surface area contributed by atoms with Crippen LogP contribution in [0.15, 0.2) is 23.6 Å². The lowest BCUT2D eigenvalue weighted by Gasteiger charge is -2.19. The lowest BCUT2D eigenvalue weighted by molar-refractivity contribution is 0.156. The predicted molar refractivity (Wildman–Crippen MR) is 37.9 cm³/mol. The average molecular weight is 136 g/mol. The van der Waals surface area contributed by atoms with Crippen LogP contribution in [0.4, 0.5) is 0 Å². The topological polar surface area (TPSA) is 23.3 Å². The highest BCUT2D eigenvalue weighted by molar-refractivity contribution is 5.31.